The lowest BCUT2D eigenvalue weighted by Crippen LogP contribution is -2.00. The number of aromatic nitrogens is 4. The third-order valence-corrected chi connectivity index (χ3v) is 10.6. The van der Waals surface area contributed by atoms with Crippen LogP contribution in [0.25, 0.3) is 106 Å². The van der Waals surface area contributed by atoms with E-state index in [-0.39, 0.29) is 0 Å². The van der Waals surface area contributed by atoms with E-state index in [1.807, 2.05) is 72.8 Å². The molecule has 0 radical (unpaired) electrons. The predicted molar refractivity (Wildman–Crippen MR) is 229 cm³/mol. The first kappa shape index (κ1) is 31.9. The first-order valence-corrected chi connectivity index (χ1v) is 18.8. The molecule has 0 bridgehead atoms. The van der Waals surface area contributed by atoms with Crippen molar-refractivity contribution in [3.63, 3.8) is 0 Å². The molecule has 11 rings (SSSR count). The van der Waals surface area contributed by atoms with Crippen LogP contribution in [-0.2, 0) is 0 Å². The molecule has 5 heteroatoms. The van der Waals surface area contributed by atoms with Gasteiger partial charge in [0.2, 0.25) is 0 Å². The van der Waals surface area contributed by atoms with Crippen molar-refractivity contribution < 1.29 is 4.42 Å². The molecule has 56 heavy (non-hydrogen) atoms. The predicted octanol–water partition coefficient (Wildman–Crippen LogP) is 13.2. The topological polar surface area (TPSA) is 56.7 Å². The molecule has 11 aromatic rings. The second-order valence-electron chi connectivity index (χ2n) is 14.0. The molecule has 262 valence electrons. The molecule has 5 nitrogen and oxygen atoms in total. The Kier molecular flexibility index (Phi) is 7.42. The lowest BCUT2D eigenvalue weighted by Gasteiger charge is -2.14. The van der Waals surface area contributed by atoms with Crippen molar-refractivity contribution in [2.75, 3.05) is 0 Å². The summed E-state index contributed by atoms with van der Waals surface area (Å²) in [4.78, 5) is 15.3. The van der Waals surface area contributed by atoms with Crippen LogP contribution in [0.3, 0.4) is 0 Å². The van der Waals surface area contributed by atoms with Crippen molar-refractivity contribution in [3.05, 3.63) is 194 Å². The van der Waals surface area contributed by atoms with Gasteiger partial charge in [0, 0.05) is 49.5 Å². The van der Waals surface area contributed by atoms with Crippen LogP contribution in [-0.4, -0.2) is 19.5 Å². The van der Waals surface area contributed by atoms with Crippen molar-refractivity contribution >= 4 is 43.7 Å². The minimum atomic E-state index is 0.594. The lowest BCUT2D eigenvalue weighted by molar-refractivity contribution is 0.670. The van der Waals surface area contributed by atoms with Crippen LogP contribution >= 0.6 is 0 Å². The Morgan fingerprint density at radius 3 is 1.52 bits per heavy atom. The highest BCUT2D eigenvalue weighted by Gasteiger charge is 2.18. The monoisotopic (exact) mass is 716 g/mol. The van der Waals surface area contributed by atoms with E-state index in [4.69, 9.17) is 19.4 Å². The van der Waals surface area contributed by atoms with Crippen LogP contribution in [0.4, 0.5) is 0 Å². The zero-order valence-electron chi connectivity index (χ0n) is 30.2. The Morgan fingerprint density at radius 2 is 0.839 bits per heavy atom. The molecule has 0 aliphatic carbocycles. The zero-order chi connectivity index (χ0) is 37.0. The van der Waals surface area contributed by atoms with Crippen molar-refractivity contribution in [1.29, 1.82) is 0 Å². The highest BCUT2D eigenvalue weighted by Crippen LogP contribution is 2.40. The summed E-state index contributed by atoms with van der Waals surface area (Å²) in [7, 11) is 0. The molecule has 3 aromatic heterocycles. The number of para-hydroxylation sites is 4. The minimum absolute atomic E-state index is 0.594. The van der Waals surface area contributed by atoms with Gasteiger partial charge in [0.1, 0.15) is 11.2 Å². The van der Waals surface area contributed by atoms with E-state index < -0.39 is 0 Å². The van der Waals surface area contributed by atoms with Crippen LogP contribution in [0.1, 0.15) is 0 Å². The zero-order valence-corrected chi connectivity index (χ0v) is 30.2. The van der Waals surface area contributed by atoms with Gasteiger partial charge in [-0.15, -0.1) is 0 Å². The van der Waals surface area contributed by atoms with Gasteiger partial charge in [0.05, 0.1) is 11.0 Å². The van der Waals surface area contributed by atoms with Crippen molar-refractivity contribution in [2.45, 2.75) is 0 Å². The maximum Gasteiger partial charge on any atom is 0.164 e. The van der Waals surface area contributed by atoms with Crippen molar-refractivity contribution in [3.8, 4) is 62.1 Å². The Hall–Kier alpha value is -7.63. The van der Waals surface area contributed by atoms with E-state index >= 15 is 0 Å². The first-order valence-electron chi connectivity index (χ1n) is 18.8. The largest absolute Gasteiger partial charge is 0.455 e. The highest BCUT2D eigenvalue weighted by atomic mass is 16.3. The van der Waals surface area contributed by atoms with Crippen molar-refractivity contribution in [2.24, 2.45) is 0 Å². The second-order valence-corrected chi connectivity index (χ2v) is 14.0. The highest BCUT2D eigenvalue weighted by molar-refractivity contribution is 6.10. The van der Waals surface area contributed by atoms with E-state index in [1.165, 1.54) is 21.8 Å². The van der Waals surface area contributed by atoms with Gasteiger partial charge in [0.25, 0.3) is 0 Å². The molecular weight excluding hydrogens is 685 g/mol. The Labute approximate surface area is 322 Å². The molecule has 0 saturated carbocycles. The van der Waals surface area contributed by atoms with E-state index in [0.717, 1.165) is 66.6 Å². The number of hydrogen-bond acceptors (Lipinski definition) is 4. The summed E-state index contributed by atoms with van der Waals surface area (Å²) in [5.74, 6) is 1.83. The van der Waals surface area contributed by atoms with Gasteiger partial charge in [-0.25, -0.2) is 15.0 Å². The molecule has 8 aromatic carbocycles. The maximum atomic E-state index is 6.59. The SMILES string of the molecule is c1ccc(-c2nc(-c3ccccc3)nc(-c3cc(-c4cccc(-n5c6ccccc6c6ccccc65)c4)cc(-c4cccc5c4oc4ccccc45)c3)n2)cc1. The summed E-state index contributed by atoms with van der Waals surface area (Å²) in [6.45, 7) is 0. The number of hydrogen-bond donors (Lipinski definition) is 0. The van der Waals surface area contributed by atoms with Crippen LogP contribution in [0.2, 0.25) is 0 Å². The molecule has 0 amide bonds. The standard InChI is InChI=1S/C51H32N4O/c1-3-15-33(16-4-1)49-52-50(34-17-5-2-6-18-34)54-51(53-49)38-30-36(29-37(31-38)40-24-14-25-44-43-23-9-12-28-47(43)56-48(40)44)35-19-13-20-39(32-35)55-45-26-10-7-21-41(45)42-22-8-11-27-46(42)55/h1-32H. The number of benzene rings is 8. The number of rotatable bonds is 6. The Bertz CT molecular complexity index is 3140. The van der Waals surface area contributed by atoms with E-state index in [0.29, 0.717) is 17.5 Å². The smallest absolute Gasteiger partial charge is 0.164 e. The summed E-state index contributed by atoms with van der Waals surface area (Å²) in [5, 5.41) is 4.64. The quantitative estimate of drug-likeness (QED) is 0.172. The van der Waals surface area contributed by atoms with Gasteiger partial charge < -0.3 is 8.98 Å². The fraction of sp³-hybridized carbons (Fsp3) is 0. The summed E-state index contributed by atoms with van der Waals surface area (Å²) in [6, 6.07) is 67.5. The van der Waals surface area contributed by atoms with Gasteiger partial charge in [-0.05, 0) is 65.2 Å². The van der Waals surface area contributed by atoms with Gasteiger partial charge in [-0.2, -0.15) is 0 Å². The third kappa shape index (κ3) is 5.37. The lowest BCUT2D eigenvalue weighted by atomic mass is 9.94. The van der Waals surface area contributed by atoms with Gasteiger partial charge in [-0.3, -0.25) is 0 Å². The Morgan fingerprint density at radius 1 is 0.339 bits per heavy atom. The number of fused-ring (bicyclic) bond motifs is 6. The summed E-state index contributed by atoms with van der Waals surface area (Å²) < 4.78 is 8.95. The molecule has 0 atom stereocenters. The van der Waals surface area contributed by atoms with E-state index in [2.05, 4.69) is 126 Å². The van der Waals surface area contributed by atoms with Crippen LogP contribution in [0.15, 0.2) is 199 Å². The van der Waals surface area contributed by atoms with Gasteiger partial charge >= 0.3 is 0 Å². The third-order valence-electron chi connectivity index (χ3n) is 10.6. The summed E-state index contributed by atoms with van der Waals surface area (Å²) in [6.07, 6.45) is 0. The fourth-order valence-corrected chi connectivity index (χ4v) is 8.02. The molecule has 0 aliphatic rings. The van der Waals surface area contributed by atoms with Gasteiger partial charge in [0.15, 0.2) is 17.5 Å². The van der Waals surface area contributed by atoms with E-state index in [9.17, 15) is 0 Å². The van der Waals surface area contributed by atoms with Gasteiger partial charge in [-0.1, -0.05) is 146 Å². The normalized spacial score (nSPS) is 11.6. The fourth-order valence-electron chi connectivity index (χ4n) is 8.02. The first-order chi connectivity index (χ1) is 27.7. The molecule has 0 aliphatic heterocycles. The number of nitrogens with zero attached hydrogens (tertiary/aromatic N) is 4. The molecule has 0 unspecified atom stereocenters. The number of furan rings is 1. The van der Waals surface area contributed by atoms with Crippen molar-refractivity contribution in [1.82, 2.24) is 19.5 Å². The van der Waals surface area contributed by atoms with E-state index in [1.54, 1.807) is 0 Å². The maximum absolute atomic E-state index is 6.59. The van der Waals surface area contributed by atoms with Crippen LogP contribution in [0, 0.1) is 0 Å². The van der Waals surface area contributed by atoms with Crippen LogP contribution < -0.4 is 0 Å². The second kappa shape index (κ2) is 13.0. The molecule has 0 N–H and O–H groups in total. The molecule has 0 spiro atoms. The molecular formula is C51H32N4O. The van der Waals surface area contributed by atoms with Crippen LogP contribution in [0.5, 0.6) is 0 Å². The minimum Gasteiger partial charge on any atom is -0.455 e. The molecule has 0 fully saturated rings. The average molecular weight is 717 g/mol. The summed E-state index contributed by atoms with van der Waals surface area (Å²) >= 11 is 0. The Balaban J connectivity index is 1.16. The molecule has 3 heterocycles. The molecule has 0 saturated heterocycles. The summed E-state index contributed by atoms with van der Waals surface area (Å²) in [5.41, 5.74) is 12.0. The average Bonchev–Trinajstić information content (AvgIpc) is 3.83.